The third kappa shape index (κ3) is 3.99. The van der Waals surface area contributed by atoms with Gasteiger partial charge in [0, 0.05) is 6.54 Å². The number of benzene rings is 2. The minimum Gasteiger partial charge on any atom is -0.489 e. The molecule has 0 spiro atoms. The summed E-state index contributed by atoms with van der Waals surface area (Å²) in [5, 5.41) is 19.8. The summed E-state index contributed by atoms with van der Waals surface area (Å²) in [6, 6.07) is 10.9. The predicted molar refractivity (Wildman–Crippen MR) is 101 cm³/mol. The molecule has 0 aromatic heterocycles. The molecule has 160 valence electrons. The van der Waals surface area contributed by atoms with Crippen LogP contribution in [0, 0.1) is 5.82 Å². The molecule has 11 heteroatoms. The molecule has 1 aliphatic heterocycles. The van der Waals surface area contributed by atoms with E-state index < -0.39 is 32.5 Å². The number of halogens is 1. The number of sulfone groups is 1. The van der Waals surface area contributed by atoms with E-state index in [1.54, 1.807) is 12.1 Å². The van der Waals surface area contributed by atoms with Crippen molar-refractivity contribution in [2.45, 2.75) is 28.8 Å². The zero-order chi connectivity index (χ0) is 21.9. The van der Waals surface area contributed by atoms with Gasteiger partial charge in [0.15, 0.2) is 9.84 Å². The maximum Gasteiger partial charge on any atom is 0.286 e. The summed E-state index contributed by atoms with van der Waals surface area (Å²) >= 11 is 0. The quantitative estimate of drug-likeness (QED) is 0.289. The van der Waals surface area contributed by atoms with Gasteiger partial charge in [0.05, 0.1) is 4.90 Å². The molecule has 2 aromatic rings. The number of aliphatic hydroxyl groups is 1. The average molecular weight is 438 g/mol. The number of piperidine rings is 1. The molecule has 9 nitrogen and oxygen atoms in total. The van der Waals surface area contributed by atoms with E-state index in [9.17, 15) is 27.5 Å². The molecule has 1 saturated heterocycles. The first-order valence-corrected chi connectivity index (χ1v) is 10.4. The number of hydroxylamine groups is 1. The maximum absolute atomic E-state index is 13.0. The van der Waals surface area contributed by atoms with Crippen molar-refractivity contribution in [1.29, 1.82) is 0 Å². The minimum absolute atomic E-state index is 0.0669. The number of nitrogens with one attached hydrogen (secondary N) is 2. The number of carbonyl (C=O) groups is 2. The van der Waals surface area contributed by atoms with Crippen LogP contribution in [0.1, 0.15) is 12.0 Å². The minimum atomic E-state index is -4.33. The molecule has 0 saturated carbocycles. The van der Waals surface area contributed by atoms with Crippen LogP contribution < -0.4 is 15.5 Å². The standard InChI is InChI=1S/C19H19FN2O7S/c20-13-3-1-12(2-4-13)11-29-14-5-7-15(8-6-14)30(27,28)16-9-10-21-17(23)19(16,25)18(24)22-26/h1-8,16,25-26H,9-11H2,(H,21,23)(H,22,24). The SMILES string of the molecule is O=C(NO)C1(O)C(=O)NCCC1S(=O)(=O)c1ccc(OCc2ccc(F)cc2)cc1. The zero-order valence-electron chi connectivity index (χ0n) is 15.5. The van der Waals surface area contributed by atoms with Gasteiger partial charge in [-0.3, -0.25) is 14.8 Å². The summed E-state index contributed by atoms with van der Waals surface area (Å²) in [5.74, 6) is -2.79. The van der Waals surface area contributed by atoms with Gasteiger partial charge in [-0.05, 0) is 48.4 Å². The highest BCUT2D eigenvalue weighted by molar-refractivity contribution is 7.92. The molecule has 2 unspecified atom stereocenters. The largest absolute Gasteiger partial charge is 0.489 e. The van der Waals surface area contributed by atoms with Crippen molar-refractivity contribution in [3.63, 3.8) is 0 Å². The van der Waals surface area contributed by atoms with Crippen molar-refractivity contribution in [3.8, 4) is 5.75 Å². The molecule has 3 rings (SSSR count). The van der Waals surface area contributed by atoms with Crippen LogP contribution in [-0.2, 0) is 26.0 Å². The van der Waals surface area contributed by atoms with E-state index in [0.717, 1.165) is 5.48 Å². The molecular formula is C19H19FN2O7S. The number of hydrogen-bond acceptors (Lipinski definition) is 7. The smallest absolute Gasteiger partial charge is 0.286 e. The van der Waals surface area contributed by atoms with E-state index in [0.29, 0.717) is 11.3 Å². The molecule has 1 heterocycles. The van der Waals surface area contributed by atoms with Gasteiger partial charge in [-0.25, -0.2) is 18.3 Å². The van der Waals surface area contributed by atoms with Crippen LogP contribution in [0.3, 0.4) is 0 Å². The highest BCUT2D eigenvalue weighted by Gasteiger charge is 2.58. The lowest BCUT2D eigenvalue weighted by Crippen LogP contribution is -2.68. The Balaban J connectivity index is 1.81. The van der Waals surface area contributed by atoms with Crippen LogP contribution in [0.15, 0.2) is 53.4 Å². The third-order valence-corrected chi connectivity index (χ3v) is 7.05. The van der Waals surface area contributed by atoms with Crippen LogP contribution in [0.5, 0.6) is 5.75 Å². The Kier molecular flexibility index (Phi) is 6.06. The van der Waals surface area contributed by atoms with Crippen LogP contribution in [0.2, 0.25) is 0 Å². The summed E-state index contributed by atoms with van der Waals surface area (Å²) in [5.41, 5.74) is -1.13. The molecule has 1 aliphatic rings. The number of hydrogen-bond donors (Lipinski definition) is 4. The Bertz CT molecular complexity index is 1030. The second-order valence-electron chi connectivity index (χ2n) is 6.67. The van der Waals surface area contributed by atoms with Gasteiger partial charge in [0.2, 0.25) is 5.60 Å². The lowest BCUT2D eigenvalue weighted by Gasteiger charge is -2.36. The predicted octanol–water partition coefficient (Wildman–Crippen LogP) is 0.303. The summed E-state index contributed by atoms with van der Waals surface area (Å²) in [6.07, 6.45) is -0.235. The van der Waals surface area contributed by atoms with E-state index >= 15 is 0 Å². The Morgan fingerprint density at radius 2 is 1.83 bits per heavy atom. The van der Waals surface area contributed by atoms with Crippen molar-refractivity contribution < 1.29 is 37.4 Å². The molecule has 0 bridgehead atoms. The highest BCUT2D eigenvalue weighted by atomic mass is 32.2. The van der Waals surface area contributed by atoms with Gasteiger partial charge >= 0.3 is 0 Å². The van der Waals surface area contributed by atoms with Gasteiger partial charge in [-0.1, -0.05) is 12.1 Å². The molecule has 1 fully saturated rings. The molecule has 0 radical (unpaired) electrons. The second-order valence-corrected chi connectivity index (χ2v) is 8.80. The van der Waals surface area contributed by atoms with Gasteiger partial charge < -0.3 is 15.2 Å². The number of ether oxygens (including phenoxy) is 1. The lowest BCUT2D eigenvalue weighted by molar-refractivity contribution is -0.161. The van der Waals surface area contributed by atoms with E-state index in [4.69, 9.17) is 9.94 Å². The fourth-order valence-electron chi connectivity index (χ4n) is 3.16. The fraction of sp³-hybridized carbons (Fsp3) is 0.263. The summed E-state index contributed by atoms with van der Waals surface area (Å²) in [7, 11) is -4.33. The first-order chi connectivity index (χ1) is 14.2. The normalized spacial score (nSPS) is 21.6. The lowest BCUT2D eigenvalue weighted by atomic mass is 9.92. The summed E-state index contributed by atoms with van der Waals surface area (Å²) in [6.45, 7) is 0.0637. The summed E-state index contributed by atoms with van der Waals surface area (Å²) in [4.78, 5) is 23.7. The molecule has 0 aliphatic carbocycles. The molecule has 2 atom stereocenters. The Morgan fingerprint density at radius 3 is 2.43 bits per heavy atom. The van der Waals surface area contributed by atoms with Crippen molar-refractivity contribution in [2.24, 2.45) is 0 Å². The van der Waals surface area contributed by atoms with E-state index in [1.807, 2.05) is 0 Å². The molecule has 30 heavy (non-hydrogen) atoms. The van der Waals surface area contributed by atoms with Crippen molar-refractivity contribution in [2.75, 3.05) is 6.54 Å². The van der Waals surface area contributed by atoms with Crippen LogP contribution >= 0.6 is 0 Å². The van der Waals surface area contributed by atoms with Gasteiger partial charge in [0.1, 0.15) is 23.4 Å². The second kappa shape index (κ2) is 8.38. The molecule has 2 aromatic carbocycles. The molecular weight excluding hydrogens is 419 g/mol. The summed E-state index contributed by atoms with van der Waals surface area (Å²) < 4.78 is 44.5. The van der Waals surface area contributed by atoms with Gasteiger partial charge in [0.25, 0.3) is 11.8 Å². The van der Waals surface area contributed by atoms with E-state index in [-0.39, 0.29) is 30.3 Å². The highest BCUT2D eigenvalue weighted by Crippen LogP contribution is 2.31. The molecule has 2 amide bonds. The monoisotopic (exact) mass is 438 g/mol. The van der Waals surface area contributed by atoms with Crippen molar-refractivity contribution >= 4 is 21.7 Å². The van der Waals surface area contributed by atoms with E-state index in [1.165, 1.54) is 36.4 Å². The van der Waals surface area contributed by atoms with Gasteiger partial charge in [-0.15, -0.1) is 0 Å². The average Bonchev–Trinajstić information content (AvgIpc) is 2.74. The van der Waals surface area contributed by atoms with Gasteiger partial charge in [-0.2, -0.15) is 0 Å². The number of amides is 2. The third-order valence-electron chi connectivity index (χ3n) is 4.80. The van der Waals surface area contributed by atoms with Crippen LogP contribution in [-0.4, -0.2) is 47.9 Å². The van der Waals surface area contributed by atoms with Crippen molar-refractivity contribution in [3.05, 3.63) is 59.9 Å². The van der Waals surface area contributed by atoms with E-state index in [2.05, 4.69) is 5.32 Å². The molecule has 4 N–H and O–H groups in total. The first kappa shape index (κ1) is 21.7. The fourth-order valence-corrected chi connectivity index (χ4v) is 5.09. The Labute approximate surface area is 171 Å². The zero-order valence-corrected chi connectivity index (χ0v) is 16.4. The Hall–Kier alpha value is -3.02. The maximum atomic E-state index is 13.0. The Morgan fingerprint density at radius 1 is 1.20 bits per heavy atom. The topological polar surface area (TPSA) is 142 Å². The van der Waals surface area contributed by atoms with Crippen molar-refractivity contribution in [1.82, 2.24) is 10.8 Å². The van der Waals surface area contributed by atoms with Crippen LogP contribution in [0.4, 0.5) is 4.39 Å². The number of rotatable bonds is 6. The first-order valence-electron chi connectivity index (χ1n) is 8.86. The van der Waals surface area contributed by atoms with Crippen LogP contribution in [0.25, 0.3) is 0 Å². The number of carbonyl (C=O) groups excluding carboxylic acids is 2.